The number of carbonyl (C=O) groups excluding carboxylic acids is 2. The summed E-state index contributed by atoms with van der Waals surface area (Å²) in [5.74, 6) is -2.25. The van der Waals surface area contributed by atoms with Crippen LogP contribution in [-0.4, -0.2) is 28.9 Å². The maximum Gasteiger partial charge on any atom is 0.326 e. The molecule has 108 valence electrons. The molecule has 4 N–H and O–H groups in total. The van der Waals surface area contributed by atoms with Crippen LogP contribution >= 0.6 is 11.6 Å². The number of aliphatic carboxylic acids is 1. The number of rotatable bonds is 7. The topological polar surface area (TPSA) is 109 Å². The van der Waals surface area contributed by atoms with Crippen molar-refractivity contribution in [1.29, 1.82) is 0 Å². The minimum absolute atomic E-state index is 0.0307. The van der Waals surface area contributed by atoms with Gasteiger partial charge in [-0.05, 0) is 24.1 Å². The molecule has 0 unspecified atom stereocenters. The third-order valence-electron chi connectivity index (χ3n) is 2.59. The highest BCUT2D eigenvalue weighted by Crippen LogP contribution is 2.10. The lowest BCUT2D eigenvalue weighted by atomic mass is 10.1. The lowest BCUT2D eigenvalue weighted by molar-refractivity contribution is -0.142. The van der Waals surface area contributed by atoms with Crippen LogP contribution in [0.15, 0.2) is 24.3 Å². The Hall–Kier alpha value is -2.08. The molecule has 0 aliphatic rings. The van der Waals surface area contributed by atoms with E-state index >= 15 is 0 Å². The molecule has 0 bridgehead atoms. The molecule has 1 rings (SSSR count). The summed E-state index contributed by atoms with van der Waals surface area (Å²) in [5, 5.41) is 11.9. The van der Waals surface area contributed by atoms with E-state index in [1.807, 2.05) is 0 Å². The molecule has 7 heteroatoms. The third kappa shape index (κ3) is 5.71. The first-order valence-corrected chi connectivity index (χ1v) is 6.31. The molecular formula is C13H15ClN2O4. The van der Waals surface area contributed by atoms with Crippen molar-refractivity contribution >= 4 is 29.4 Å². The molecule has 0 spiro atoms. The Labute approximate surface area is 120 Å². The first-order chi connectivity index (χ1) is 9.38. The van der Waals surface area contributed by atoms with Crippen LogP contribution in [0.3, 0.4) is 0 Å². The minimum Gasteiger partial charge on any atom is -0.480 e. The molecule has 1 atom stereocenters. The fourth-order valence-electron chi connectivity index (χ4n) is 1.58. The van der Waals surface area contributed by atoms with Gasteiger partial charge in [0.15, 0.2) is 0 Å². The number of carboxylic acids is 1. The second kappa shape index (κ2) is 7.49. The van der Waals surface area contributed by atoms with Gasteiger partial charge < -0.3 is 16.2 Å². The molecule has 1 aromatic rings. The zero-order valence-electron chi connectivity index (χ0n) is 10.6. The lowest BCUT2D eigenvalue weighted by Gasteiger charge is -2.13. The van der Waals surface area contributed by atoms with Gasteiger partial charge in [-0.25, -0.2) is 4.79 Å². The highest BCUT2D eigenvalue weighted by Gasteiger charge is 2.20. The summed E-state index contributed by atoms with van der Waals surface area (Å²) in [6.45, 7) is 0. The number of primary amides is 1. The molecule has 0 radical (unpaired) electrons. The van der Waals surface area contributed by atoms with Crippen LogP contribution in [0, 0.1) is 0 Å². The van der Waals surface area contributed by atoms with Gasteiger partial charge in [0.05, 0.1) is 6.42 Å². The lowest BCUT2D eigenvalue weighted by Crippen LogP contribution is -2.42. The quantitative estimate of drug-likeness (QED) is 0.689. The van der Waals surface area contributed by atoms with Crippen molar-refractivity contribution in [2.45, 2.75) is 25.3 Å². The molecule has 0 fully saturated rings. The molecule has 6 nitrogen and oxygen atoms in total. The van der Waals surface area contributed by atoms with Gasteiger partial charge >= 0.3 is 5.97 Å². The summed E-state index contributed by atoms with van der Waals surface area (Å²) in [6, 6.07) is 5.53. The summed E-state index contributed by atoms with van der Waals surface area (Å²) >= 11 is 5.72. The fourth-order valence-corrected chi connectivity index (χ4v) is 1.70. The van der Waals surface area contributed by atoms with Gasteiger partial charge in [-0.15, -0.1) is 0 Å². The van der Waals surface area contributed by atoms with Crippen molar-refractivity contribution in [3.05, 3.63) is 34.9 Å². The standard InChI is InChI=1S/C13H15ClN2O4/c14-9-3-1-8(2-4-9)7-12(18)16-10(13(19)20)5-6-11(15)17/h1-4,10H,5-7H2,(H2,15,17)(H,16,18)(H,19,20)/t10-/m0/s1. The van der Waals surface area contributed by atoms with E-state index in [4.69, 9.17) is 22.4 Å². The van der Waals surface area contributed by atoms with E-state index in [2.05, 4.69) is 5.32 Å². The molecular weight excluding hydrogens is 284 g/mol. The average Bonchev–Trinajstić information content (AvgIpc) is 2.36. The predicted octanol–water partition coefficient (Wildman–Crippen LogP) is 0.717. The van der Waals surface area contributed by atoms with Gasteiger partial charge in [0.25, 0.3) is 0 Å². The monoisotopic (exact) mass is 298 g/mol. The highest BCUT2D eigenvalue weighted by atomic mass is 35.5. The maximum absolute atomic E-state index is 11.7. The Bertz CT molecular complexity index is 502. The van der Waals surface area contributed by atoms with Gasteiger partial charge in [0.2, 0.25) is 11.8 Å². The highest BCUT2D eigenvalue weighted by molar-refractivity contribution is 6.30. The molecule has 0 heterocycles. The molecule has 0 aliphatic heterocycles. The van der Waals surface area contributed by atoms with E-state index in [0.717, 1.165) is 0 Å². The number of amides is 2. The van der Waals surface area contributed by atoms with Gasteiger partial charge in [-0.2, -0.15) is 0 Å². The van der Waals surface area contributed by atoms with Crippen molar-refractivity contribution in [2.24, 2.45) is 5.73 Å². The van der Waals surface area contributed by atoms with Crippen LogP contribution in [0.25, 0.3) is 0 Å². The van der Waals surface area contributed by atoms with Crippen molar-refractivity contribution in [3.63, 3.8) is 0 Å². The molecule has 0 saturated carbocycles. The molecule has 0 saturated heterocycles. The smallest absolute Gasteiger partial charge is 0.326 e. The first-order valence-electron chi connectivity index (χ1n) is 5.93. The van der Waals surface area contributed by atoms with Gasteiger partial charge in [0.1, 0.15) is 6.04 Å². The minimum atomic E-state index is -1.20. The number of carboxylic acid groups (broad SMARTS) is 1. The summed E-state index contributed by atoms with van der Waals surface area (Å²) in [6.07, 6.45) is -0.0905. The third-order valence-corrected chi connectivity index (χ3v) is 2.84. The summed E-state index contributed by atoms with van der Waals surface area (Å²) < 4.78 is 0. The zero-order chi connectivity index (χ0) is 15.1. The molecule has 1 aromatic carbocycles. The van der Waals surface area contributed by atoms with Crippen molar-refractivity contribution in [3.8, 4) is 0 Å². The Kier molecular flexibility index (Phi) is 5.99. The van der Waals surface area contributed by atoms with E-state index in [9.17, 15) is 14.4 Å². The van der Waals surface area contributed by atoms with Crippen LogP contribution in [-0.2, 0) is 20.8 Å². The predicted molar refractivity (Wildman–Crippen MR) is 73.2 cm³/mol. The van der Waals surface area contributed by atoms with Gasteiger partial charge in [-0.1, -0.05) is 23.7 Å². The Morgan fingerprint density at radius 3 is 2.35 bits per heavy atom. The van der Waals surface area contributed by atoms with E-state index in [0.29, 0.717) is 10.6 Å². The van der Waals surface area contributed by atoms with E-state index in [1.165, 1.54) is 0 Å². The largest absolute Gasteiger partial charge is 0.480 e. The van der Waals surface area contributed by atoms with Crippen LogP contribution in [0.4, 0.5) is 0 Å². The van der Waals surface area contributed by atoms with Gasteiger partial charge in [-0.3, -0.25) is 9.59 Å². The Morgan fingerprint density at radius 2 is 1.85 bits per heavy atom. The first kappa shape index (κ1) is 16.0. The van der Waals surface area contributed by atoms with E-state index < -0.39 is 23.8 Å². The van der Waals surface area contributed by atoms with Crippen LogP contribution < -0.4 is 11.1 Å². The number of benzene rings is 1. The van der Waals surface area contributed by atoms with Crippen LogP contribution in [0.2, 0.25) is 5.02 Å². The summed E-state index contributed by atoms with van der Waals surface area (Å²) in [5.41, 5.74) is 5.67. The second-order valence-electron chi connectivity index (χ2n) is 4.27. The molecule has 0 aliphatic carbocycles. The number of nitrogens with one attached hydrogen (secondary N) is 1. The average molecular weight is 299 g/mol. The van der Waals surface area contributed by atoms with Gasteiger partial charge in [0, 0.05) is 11.4 Å². The van der Waals surface area contributed by atoms with E-state index in [-0.39, 0.29) is 19.3 Å². The Morgan fingerprint density at radius 1 is 1.25 bits per heavy atom. The second-order valence-corrected chi connectivity index (χ2v) is 4.70. The zero-order valence-corrected chi connectivity index (χ0v) is 11.4. The van der Waals surface area contributed by atoms with Crippen molar-refractivity contribution < 1.29 is 19.5 Å². The number of carbonyl (C=O) groups is 3. The van der Waals surface area contributed by atoms with Crippen LogP contribution in [0.5, 0.6) is 0 Å². The SMILES string of the molecule is NC(=O)CC[C@H](NC(=O)Cc1ccc(Cl)cc1)C(=O)O. The number of halogens is 1. The fraction of sp³-hybridized carbons (Fsp3) is 0.308. The van der Waals surface area contributed by atoms with Crippen molar-refractivity contribution in [1.82, 2.24) is 5.32 Å². The number of hydrogen-bond acceptors (Lipinski definition) is 3. The Balaban J connectivity index is 2.55. The molecule has 2 amide bonds. The molecule has 0 aromatic heterocycles. The summed E-state index contributed by atoms with van der Waals surface area (Å²) in [4.78, 5) is 33.3. The normalized spacial score (nSPS) is 11.7. The van der Waals surface area contributed by atoms with Crippen molar-refractivity contribution in [2.75, 3.05) is 0 Å². The molecule has 20 heavy (non-hydrogen) atoms. The van der Waals surface area contributed by atoms with E-state index in [1.54, 1.807) is 24.3 Å². The van der Waals surface area contributed by atoms with Crippen LogP contribution in [0.1, 0.15) is 18.4 Å². The summed E-state index contributed by atoms with van der Waals surface area (Å²) in [7, 11) is 0. The maximum atomic E-state index is 11.7. The number of hydrogen-bond donors (Lipinski definition) is 3. The number of nitrogens with two attached hydrogens (primary N) is 1.